The molecule has 8 nitrogen and oxygen atoms in total. The van der Waals surface area contributed by atoms with E-state index in [1.165, 1.54) is 25.3 Å². The van der Waals surface area contributed by atoms with E-state index in [0.29, 0.717) is 16.5 Å². The van der Waals surface area contributed by atoms with Crippen molar-refractivity contribution in [2.24, 2.45) is 0 Å². The zero-order valence-corrected chi connectivity index (χ0v) is 20.8. The molecule has 3 aromatic carbocycles. The molecule has 1 atom stereocenters. The van der Waals surface area contributed by atoms with Gasteiger partial charge >= 0.3 is 0 Å². The van der Waals surface area contributed by atoms with Crippen molar-refractivity contribution in [2.45, 2.75) is 17.9 Å². The number of fused-ring (bicyclic) bond motifs is 1. The van der Waals surface area contributed by atoms with Crippen LogP contribution in [0.3, 0.4) is 0 Å². The minimum absolute atomic E-state index is 0.0403. The van der Waals surface area contributed by atoms with Gasteiger partial charge in [-0.3, -0.25) is 9.10 Å². The Morgan fingerprint density at radius 2 is 1.83 bits per heavy atom. The van der Waals surface area contributed by atoms with Crippen LogP contribution in [0.5, 0.6) is 17.2 Å². The number of para-hydroxylation sites is 2. The molecule has 35 heavy (non-hydrogen) atoms. The molecule has 0 aliphatic carbocycles. The zero-order chi connectivity index (χ0) is 25.0. The SMILES string of the molecule is COc1ccc(Cl)cc1N(CC(=O)NC[C@H]1COc2ccccc2O1)S(=O)(=O)c1ccc(C)cc1. The van der Waals surface area contributed by atoms with Gasteiger partial charge in [-0.1, -0.05) is 41.4 Å². The summed E-state index contributed by atoms with van der Waals surface area (Å²) in [6, 6.07) is 18.2. The van der Waals surface area contributed by atoms with Gasteiger partial charge in [0.05, 0.1) is 24.2 Å². The Balaban J connectivity index is 1.56. The summed E-state index contributed by atoms with van der Waals surface area (Å²) in [5.74, 6) is 0.965. The molecule has 1 aliphatic rings. The molecular weight excluding hydrogens is 492 g/mol. The van der Waals surface area contributed by atoms with Crippen LogP contribution in [-0.2, 0) is 14.8 Å². The van der Waals surface area contributed by atoms with Crippen molar-refractivity contribution in [3.8, 4) is 17.2 Å². The van der Waals surface area contributed by atoms with E-state index in [1.54, 1.807) is 36.4 Å². The Morgan fingerprint density at radius 3 is 2.54 bits per heavy atom. The number of nitrogens with one attached hydrogen (secondary N) is 1. The average molecular weight is 517 g/mol. The van der Waals surface area contributed by atoms with Gasteiger partial charge < -0.3 is 19.5 Å². The van der Waals surface area contributed by atoms with Crippen molar-refractivity contribution < 1.29 is 27.4 Å². The van der Waals surface area contributed by atoms with Crippen LogP contribution in [0.15, 0.2) is 71.6 Å². The second-order valence-corrected chi connectivity index (χ2v) is 10.2. The molecule has 3 aromatic rings. The van der Waals surface area contributed by atoms with Crippen molar-refractivity contribution in [3.63, 3.8) is 0 Å². The summed E-state index contributed by atoms with van der Waals surface area (Å²) < 4.78 is 45.1. The smallest absolute Gasteiger partial charge is 0.264 e. The lowest BCUT2D eigenvalue weighted by molar-refractivity contribution is -0.120. The fraction of sp³-hybridized carbons (Fsp3) is 0.240. The molecular formula is C25H25ClN2O6S. The monoisotopic (exact) mass is 516 g/mol. The maximum absolute atomic E-state index is 13.6. The number of anilines is 1. The summed E-state index contributed by atoms with van der Waals surface area (Å²) in [5.41, 5.74) is 1.06. The summed E-state index contributed by atoms with van der Waals surface area (Å²) in [7, 11) is -2.70. The first-order valence-electron chi connectivity index (χ1n) is 10.9. The number of carbonyl (C=O) groups is 1. The van der Waals surface area contributed by atoms with E-state index in [2.05, 4.69) is 5.32 Å². The molecule has 0 spiro atoms. The lowest BCUT2D eigenvalue weighted by Crippen LogP contribution is -2.45. The van der Waals surface area contributed by atoms with Gasteiger partial charge in [0.2, 0.25) is 5.91 Å². The third-order valence-corrected chi connectivity index (χ3v) is 7.41. The predicted octanol–water partition coefficient (Wildman–Crippen LogP) is 3.81. The van der Waals surface area contributed by atoms with Crippen LogP contribution in [0.25, 0.3) is 0 Å². The number of benzene rings is 3. The maximum Gasteiger partial charge on any atom is 0.264 e. The zero-order valence-electron chi connectivity index (χ0n) is 19.2. The quantitative estimate of drug-likeness (QED) is 0.489. The second kappa shape index (κ2) is 10.5. The van der Waals surface area contributed by atoms with Crippen molar-refractivity contribution in [3.05, 3.63) is 77.3 Å². The summed E-state index contributed by atoms with van der Waals surface area (Å²) in [5, 5.41) is 3.05. The summed E-state index contributed by atoms with van der Waals surface area (Å²) in [6.07, 6.45) is -0.420. The van der Waals surface area contributed by atoms with E-state index in [1.807, 2.05) is 19.1 Å². The van der Waals surface area contributed by atoms with Gasteiger partial charge in [-0.05, 0) is 49.4 Å². The number of ether oxygens (including phenoxy) is 3. The van der Waals surface area contributed by atoms with E-state index >= 15 is 0 Å². The number of hydrogen-bond acceptors (Lipinski definition) is 6. The summed E-state index contributed by atoms with van der Waals surface area (Å²) in [4.78, 5) is 13.0. The molecule has 1 aliphatic heterocycles. The van der Waals surface area contributed by atoms with Gasteiger partial charge in [-0.15, -0.1) is 0 Å². The molecule has 1 amide bonds. The van der Waals surface area contributed by atoms with E-state index < -0.39 is 28.6 Å². The van der Waals surface area contributed by atoms with Crippen molar-refractivity contribution in [1.29, 1.82) is 0 Å². The highest BCUT2D eigenvalue weighted by Gasteiger charge is 2.30. The predicted molar refractivity (Wildman–Crippen MR) is 133 cm³/mol. The third kappa shape index (κ3) is 5.63. The van der Waals surface area contributed by atoms with E-state index in [4.69, 9.17) is 25.8 Å². The van der Waals surface area contributed by atoms with Crippen LogP contribution in [0, 0.1) is 6.92 Å². The Bertz CT molecular complexity index is 1310. The highest BCUT2D eigenvalue weighted by Crippen LogP contribution is 2.35. The van der Waals surface area contributed by atoms with Crippen LogP contribution >= 0.6 is 11.6 Å². The molecule has 1 heterocycles. The van der Waals surface area contributed by atoms with Crippen LogP contribution in [0.4, 0.5) is 5.69 Å². The molecule has 0 aromatic heterocycles. The number of amides is 1. The van der Waals surface area contributed by atoms with Gasteiger partial charge in [0.1, 0.15) is 25.0 Å². The number of carbonyl (C=O) groups excluding carboxylic acids is 1. The highest BCUT2D eigenvalue weighted by molar-refractivity contribution is 7.92. The number of halogens is 1. The van der Waals surface area contributed by atoms with Gasteiger partial charge in [-0.25, -0.2) is 8.42 Å². The largest absolute Gasteiger partial charge is 0.495 e. The minimum Gasteiger partial charge on any atom is -0.495 e. The van der Waals surface area contributed by atoms with Gasteiger partial charge in [0, 0.05) is 5.02 Å². The first-order valence-corrected chi connectivity index (χ1v) is 12.7. The van der Waals surface area contributed by atoms with Crippen molar-refractivity contribution in [1.82, 2.24) is 5.32 Å². The fourth-order valence-corrected chi connectivity index (χ4v) is 5.16. The normalized spacial score (nSPS) is 14.8. The van der Waals surface area contributed by atoms with Crippen LogP contribution in [-0.4, -0.2) is 47.2 Å². The molecule has 4 rings (SSSR count). The fourth-order valence-electron chi connectivity index (χ4n) is 3.57. The second-order valence-electron chi connectivity index (χ2n) is 7.94. The Labute approximate surface area is 209 Å². The van der Waals surface area contributed by atoms with Crippen LogP contribution in [0.2, 0.25) is 5.02 Å². The molecule has 0 unspecified atom stereocenters. The van der Waals surface area contributed by atoms with Gasteiger partial charge in [-0.2, -0.15) is 0 Å². The van der Waals surface area contributed by atoms with Crippen molar-refractivity contribution in [2.75, 3.05) is 31.1 Å². The summed E-state index contributed by atoms with van der Waals surface area (Å²) >= 11 is 6.17. The average Bonchev–Trinajstić information content (AvgIpc) is 2.86. The molecule has 0 radical (unpaired) electrons. The van der Waals surface area contributed by atoms with E-state index in [-0.39, 0.29) is 29.5 Å². The van der Waals surface area contributed by atoms with Crippen molar-refractivity contribution >= 4 is 33.2 Å². The third-order valence-electron chi connectivity index (χ3n) is 5.40. The molecule has 0 bridgehead atoms. The highest BCUT2D eigenvalue weighted by atomic mass is 35.5. The lowest BCUT2D eigenvalue weighted by Gasteiger charge is -2.28. The maximum atomic E-state index is 13.6. The van der Waals surface area contributed by atoms with E-state index in [9.17, 15) is 13.2 Å². The Morgan fingerprint density at radius 1 is 1.11 bits per heavy atom. The Hall–Kier alpha value is -3.43. The molecule has 0 saturated heterocycles. The number of rotatable bonds is 8. The first-order chi connectivity index (χ1) is 16.8. The Kier molecular flexibility index (Phi) is 7.37. The van der Waals surface area contributed by atoms with Crippen LogP contribution < -0.4 is 23.8 Å². The lowest BCUT2D eigenvalue weighted by atomic mass is 10.2. The van der Waals surface area contributed by atoms with Crippen LogP contribution in [0.1, 0.15) is 5.56 Å². The number of aryl methyl sites for hydroxylation is 1. The van der Waals surface area contributed by atoms with E-state index in [0.717, 1.165) is 9.87 Å². The molecule has 0 fully saturated rings. The summed E-state index contributed by atoms with van der Waals surface area (Å²) in [6.45, 7) is 1.76. The molecule has 10 heteroatoms. The minimum atomic E-state index is -4.12. The van der Waals surface area contributed by atoms with Gasteiger partial charge in [0.25, 0.3) is 10.0 Å². The number of nitrogens with zero attached hydrogens (tertiary/aromatic N) is 1. The standard InChI is InChI=1S/C25H25ClN2O6S/c1-17-7-10-20(11-8-17)35(30,31)28(21-13-18(26)9-12-22(21)32-2)15-25(29)27-14-19-16-33-23-5-3-4-6-24(23)34-19/h3-13,19H,14-16H2,1-2H3,(H,27,29)/t19-/m0/s1. The first kappa shape index (κ1) is 24.7. The molecule has 1 N–H and O–H groups in total. The number of sulfonamides is 1. The van der Waals surface area contributed by atoms with Gasteiger partial charge in [0.15, 0.2) is 11.5 Å². The molecule has 0 saturated carbocycles. The number of hydrogen-bond donors (Lipinski definition) is 1. The topological polar surface area (TPSA) is 94.2 Å². The number of methoxy groups -OCH3 is 1. The molecule has 184 valence electrons.